The minimum absolute atomic E-state index is 0.000787. The van der Waals surface area contributed by atoms with Crippen LogP contribution in [0.15, 0.2) is 29.3 Å². The molecule has 0 saturated heterocycles. The van der Waals surface area contributed by atoms with E-state index < -0.39 is 157 Å². The average Bonchev–Trinajstić information content (AvgIpc) is 3.37. The molecule has 450 valence electrons. The molecular formula is C53H88N12O15. The SMILES string of the molecule is CC[C@H](C)[C@H](NC(=O)[C@H](CC(C)C)NC(=O)[C@H](CCC(=O)O)NC(=O)[C@@H](NC(=O)[C@H](CC(C)C)NC(=O)[C@@H](N)Cc1ccc(O)cc1)[C@@H](C)CC)C(=O)N[C@@H](CC(=O)O)C(=O)N[C@@H](CCCN=C(N)N)C(=O)N[C@H](C(=O)O)C(C)C. The van der Waals surface area contributed by atoms with Gasteiger partial charge in [-0.1, -0.05) is 94.2 Å². The van der Waals surface area contributed by atoms with Crippen molar-refractivity contribution in [3.05, 3.63) is 29.8 Å². The van der Waals surface area contributed by atoms with Gasteiger partial charge in [-0.15, -0.1) is 0 Å². The van der Waals surface area contributed by atoms with Crippen LogP contribution in [0.5, 0.6) is 5.75 Å². The third-order valence-electron chi connectivity index (χ3n) is 13.1. The van der Waals surface area contributed by atoms with Crippen molar-refractivity contribution in [2.45, 2.75) is 188 Å². The first-order chi connectivity index (χ1) is 37.3. The van der Waals surface area contributed by atoms with E-state index in [0.29, 0.717) is 12.0 Å². The van der Waals surface area contributed by atoms with Crippen molar-refractivity contribution in [2.24, 2.45) is 51.8 Å². The summed E-state index contributed by atoms with van der Waals surface area (Å²) in [4.78, 5) is 151. The lowest BCUT2D eigenvalue weighted by molar-refractivity contribution is -0.144. The smallest absolute Gasteiger partial charge is 0.326 e. The van der Waals surface area contributed by atoms with E-state index in [1.807, 2.05) is 13.8 Å². The topological polar surface area (TPSA) is 455 Å². The van der Waals surface area contributed by atoms with Crippen molar-refractivity contribution in [3.8, 4) is 5.75 Å². The molecule has 18 N–H and O–H groups in total. The fourth-order valence-corrected chi connectivity index (χ4v) is 8.10. The number of benzene rings is 1. The highest BCUT2D eigenvalue weighted by molar-refractivity contribution is 5.99. The summed E-state index contributed by atoms with van der Waals surface area (Å²) >= 11 is 0. The molecule has 0 aliphatic heterocycles. The van der Waals surface area contributed by atoms with Crippen LogP contribution < -0.4 is 59.7 Å². The molecule has 1 aromatic carbocycles. The van der Waals surface area contributed by atoms with Crippen LogP contribution in [0.3, 0.4) is 0 Å². The lowest BCUT2D eigenvalue weighted by atomic mass is 9.95. The van der Waals surface area contributed by atoms with E-state index in [4.69, 9.17) is 17.2 Å². The molecule has 0 aliphatic rings. The van der Waals surface area contributed by atoms with Crippen LogP contribution in [0.1, 0.15) is 133 Å². The molecule has 0 aromatic heterocycles. The Morgan fingerprint density at radius 1 is 0.512 bits per heavy atom. The second-order valence-corrected chi connectivity index (χ2v) is 21.3. The van der Waals surface area contributed by atoms with Gasteiger partial charge in [-0.05, 0) is 85.8 Å². The normalized spacial score (nSPS) is 15.4. The van der Waals surface area contributed by atoms with Crippen molar-refractivity contribution in [2.75, 3.05) is 6.54 Å². The summed E-state index contributed by atoms with van der Waals surface area (Å²) in [6.07, 6.45) is -1.44. The van der Waals surface area contributed by atoms with Gasteiger partial charge in [-0.25, -0.2) is 4.79 Å². The highest BCUT2D eigenvalue weighted by atomic mass is 16.4. The van der Waals surface area contributed by atoms with Crippen LogP contribution in [0.2, 0.25) is 0 Å². The van der Waals surface area contributed by atoms with E-state index in [-0.39, 0.29) is 68.6 Å². The molecule has 1 rings (SSSR count). The van der Waals surface area contributed by atoms with E-state index in [1.54, 1.807) is 67.5 Å². The molecule has 11 atom stereocenters. The number of nitrogens with one attached hydrogen (secondary N) is 8. The molecule has 0 fully saturated rings. The largest absolute Gasteiger partial charge is 0.508 e. The van der Waals surface area contributed by atoms with Crippen molar-refractivity contribution >= 4 is 71.1 Å². The summed E-state index contributed by atoms with van der Waals surface area (Å²) in [6, 6.07) is -6.71. The average molecular weight is 1130 g/mol. The van der Waals surface area contributed by atoms with Gasteiger partial charge in [0.1, 0.15) is 54.1 Å². The molecule has 0 spiro atoms. The standard InChI is InChI=1S/C53H88N12O15/c1-11-29(9)42(64-48(75)36(22-26(3)4)60-44(71)33(54)24-31-15-17-32(66)18-16-31)50(77)59-35(19-20-39(67)68)45(72)61-37(23-27(5)6)49(76)65-43(30(10)12-2)51(78)62-38(25-40(69)70)47(74)58-34(14-13-21-57-53(55)56)46(73)63-41(28(7)8)52(79)80/h15-18,26-30,33-38,41-43,66H,11-14,19-25,54H2,1-10H3,(H,58,74)(H,59,77)(H,60,71)(H,61,72)(H,62,78)(H,63,73)(H,64,75)(H,65,76)(H,67,68)(H,69,70)(H,79,80)(H4,55,56,57)/t29-,30-,33-,34-,35-,36-,37-,38-,41-,42-,43-/m0/s1. The summed E-state index contributed by atoms with van der Waals surface area (Å²) in [5, 5.41) is 59.0. The fourth-order valence-electron chi connectivity index (χ4n) is 8.10. The number of nitrogens with zero attached hydrogens (tertiary/aromatic N) is 1. The third kappa shape index (κ3) is 25.9. The number of aliphatic imine (C=N–C) groups is 1. The van der Waals surface area contributed by atoms with E-state index in [0.717, 1.165) is 0 Å². The Hall–Kier alpha value is -7.58. The predicted molar refractivity (Wildman–Crippen MR) is 295 cm³/mol. The van der Waals surface area contributed by atoms with E-state index in [2.05, 4.69) is 47.5 Å². The number of guanidine groups is 1. The predicted octanol–water partition coefficient (Wildman–Crippen LogP) is -0.542. The Morgan fingerprint density at radius 3 is 1.34 bits per heavy atom. The lowest BCUT2D eigenvalue weighted by Gasteiger charge is -2.30. The molecule has 0 aliphatic carbocycles. The number of phenols is 1. The number of carbonyl (C=O) groups is 11. The molecule has 0 unspecified atom stereocenters. The molecule has 0 saturated carbocycles. The van der Waals surface area contributed by atoms with Crippen LogP contribution in [0, 0.1) is 29.6 Å². The van der Waals surface area contributed by atoms with E-state index in [9.17, 15) is 73.2 Å². The molecule has 0 bridgehead atoms. The fraction of sp³-hybridized carbons (Fsp3) is 0.660. The Morgan fingerprint density at radius 2 is 0.912 bits per heavy atom. The maximum absolute atomic E-state index is 14.3. The maximum Gasteiger partial charge on any atom is 0.326 e. The van der Waals surface area contributed by atoms with Crippen LogP contribution in [-0.4, -0.2) is 152 Å². The zero-order chi connectivity index (χ0) is 61.1. The van der Waals surface area contributed by atoms with Gasteiger partial charge in [0, 0.05) is 13.0 Å². The molecule has 27 heteroatoms. The number of carboxylic acids is 3. The molecule has 0 heterocycles. The number of carbonyl (C=O) groups excluding carboxylic acids is 8. The zero-order valence-electron chi connectivity index (χ0n) is 47.6. The van der Waals surface area contributed by atoms with Gasteiger partial charge in [0.25, 0.3) is 0 Å². The minimum Gasteiger partial charge on any atom is -0.508 e. The maximum atomic E-state index is 14.3. The number of carboxylic acid groups (broad SMARTS) is 3. The summed E-state index contributed by atoms with van der Waals surface area (Å²) in [5.74, 6) is -14.1. The van der Waals surface area contributed by atoms with E-state index >= 15 is 0 Å². The van der Waals surface area contributed by atoms with Gasteiger partial charge in [-0.2, -0.15) is 0 Å². The van der Waals surface area contributed by atoms with E-state index in [1.165, 1.54) is 12.1 Å². The number of hydrogen-bond acceptors (Lipinski definition) is 14. The molecule has 1 aromatic rings. The summed E-state index contributed by atoms with van der Waals surface area (Å²) < 4.78 is 0. The monoisotopic (exact) mass is 1130 g/mol. The van der Waals surface area contributed by atoms with Gasteiger partial charge < -0.3 is 80.2 Å². The first-order valence-electron chi connectivity index (χ1n) is 27.0. The third-order valence-corrected chi connectivity index (χ3v) is 13.1. The quantitative estimate of drug-likeness (QED) is 0.0226. The summed E-state index contributed by atoms with van der Waals surface area (Å²) in [5.41, 5.74) is 17.7. The molecule has 0 radical (unpaired) electrons. The number of phenolic OH excluding ortho intramolecular Hbond substituents is 1. The zero-order valence-corrected chi connectivity index (χ0v) is 47.6. The van der Waals surface area contributed by atoms with Gasteiger partial charge in [0.2, 0.25) is 47.3 Å². The number of rotatable bonds is 37. The Bertz CT molecular complexity index is 2290. The van der Waals surface area contributed by atoms with Crippen molar-refractivity contribution in [1.29, 1.82) is 0 Å². The summed E-state index contributed by atoms with van der Waals surface area (Å²) in [7, 11) is 0. The van der Waals surface area contributed by atoms with Crippen LogP contribution in [0.25, 0.3) is 0 Å². The van der Waals surface area contributed by atoms with Crippen molar-refractivity contribution in [3.63, 3.8) is 0 Å². The molecule has 8 amide bonds. The minimum atomic E-state index is -1.86. The number of hydrogen-bond donors (Lipinski definition) is 15. The highest BCUT2D eigenvalue weighted by Gasteiger charge is 2.38. The number of aromatic hydroxyl groups is 1. The van der Waals surface area contributed by atoms with Gasteiger partial charge in [0.05, 0.1) is 12.5 Å². The second-order valence-electron chi connectivity index (χ2n) is 21.3. The van der Waals surface area contributed by atoms with Crippen LogP contribution >= 0.6 is 0 Å². The van der Waals surface area contributed by atoms with Gasteiger partial charge >= 0.3 is 17.9 Å². The first-order valence-corrected chi connectivity index (χ1v) is 27.0. The Kier molecular flexibility index (Phi) is 30.9. The highest BCUT2D eigenvalue weighted by Crippen LogP contribution is 2.16. The van der Waals surface area contributed by atoms with Crippen LogP contribution in [0.4, 0.5) is 0 Å². The van der Waals surface area contributed by atoms with Crippen LogP contribution in [-0.2, 0) is 59.2 Å². The molecule has 80 heavy (non-hydrogen) atoms. The number of aliphatic carboxylic acids is 3. The van der Waals surface area contributed by atoms with Crippen molar-refractivity contribution < 1.29 is 73.2 Å². The number of nitrogens with two attached hydrogens (primary N) is 3. The summed E-state index contributed by atoms with van der Waals surface area (Å²) in [6.45, 7) is 16.8. The Balaban J connectivity index is 3.53. The molecular weight excluding hydrogens is 1040 g/mol. The lowest BCUT2D eigenvalue weighted by Crippen LogP contribution is -2.62. The van der Waals surface area contributed by atoms with Crippen molar-refractivity contribution in [1.82, 2.24) is 42.5 Å². The first kappa shape index (κ1) is 70.4. The molecule has 27 nitrogen and oxygen atoms in total. The number of amides is 8. The van der Waals surface area contributed by atoms with Gasteiger partial charge in [0.15, 0.2) is 5.96 Å². The van der Waals surface area contributed by atoms with Gasteiger partial charge in [-0.3, -0.25) is 52.9 Å². The second kappa shape index (κ2) is 35.1. The Labute approximate surface area is 467 Å².